The number of anilines is 1. The normalized spacial score (nSPS) is 10.4. The van der Waals surface area contributed by atoms with E-state index in [2.05, 4.69) is 26.3 Å². The lowest BCUT2D eigenvalue weighted by atomic mass is 10.5. The van der Waals surface area contributed by atoms with Gasteiger partial charge in [-0.25, -0.2) is 4.68 Å². The minimum absolute atomic E-state index is 0.0892. The number of rotatable bonds is 6. The molecule has 16 heavy (non-hydrogen) atoms. The van der Waals surface area contributed by atoms with E-state index in [1.165, 1.54) is 4.68 Å². The second-order valence-corrected chi connectivity index (χ2v) is 3.59. The van der Waals surface area contributed by atoms with Gasteiger partial charge in [-0.2, -0.15) is 5.10 Å². The number of aliphatic hydroxyl groups is 2. The number of hydrogen-bond acceptors (Lipinski definition) is 6. The van der Waals surface area contributed by atoms with E-state index in [0.717, 1.165) is 0 Å². The lowest BCUT2D eigenvalue weighted by Gasteiger charge is -2.06. The fourth-order valence-electron chi connectivity index (χ4n) is 1.19. The molecule has 0 fully saturated rings. The van der Waals surface area contributed by atoms with Gasteiger partial charge in [-0.1, -0.05) is 0 Å². The summed E-state index contributed by atoms with van der Waals surface area (Å²) in [6.07, 6.45) is 0. The van der Waals surface area contributed by atoms with Gasteiger partial charge in [-0.15, -0.1) is 0 Å². The number of nitrogens with one attached hydrogen (secondary N) is 1. The molecule has 1 heterocycles. The average molecular weight is 295 g/mol. The van der Waals surface area contributed by atoms with Crippen molar-refractivity contribution in [3.8, 4) is 0 Å². The highest BCUT2D eigenvalue weighted by Gasteiger charge is 2.25. The van der Waals surface area contributed by atoms with Crippen molar-refractivity contribution in [3.05, 3.63) is 14.7 Å². The lowest BCUT2D eigenvalue weighted by Crippen LogP contribution is -2.13. The molecule has 0 aliphatic heterocycles. The predicted octanol–water partition coefficient (Wildman–Crippen LogP) is -0.0497. The molecule has 0 saturated carbocycles. The number of hydrogen-bond donors (Lipinski definition) is 3. The van der Waals surface area contributed by atoms with Crippen molar-refractivity contribution in [1.82, 2.24) is 9.78 Å². The van der Waals surface area contributed by atoms with Crippen LogP contribution in [0.25, 0.3) is 0 Å². The van der Waals surface area contributed by atoms with Crippen molar-refractivity contribution in [2.24, 2.45) is 0 Å². The zero-order valence-electron chi connectivity index (χ0n) is 8.26. The first-order valence-corrected chi connectivity index (χ1v) is 5.27. The van der Waals surface area contributed by atoms with Gasteiger partial charge in [0.25, 0.3) is 0 Å². The Hall–Kier alpha value is -1.19. The number of halogens is 1. The fourth-order valence-corrected chi connectivity index (χ4v) is 1.71. The first-order chi connectivity index (χ1) is 7.61. The van der Waals surface area contributed by atoms with E-state index in [-0.39, 0.29) is 42.4 Å². The molecule has 1 aromatic heterocycles. The molecule has 3 N–H and O–H groups in total. The Labute approximate surface area is 99.2 Å². The summed E-state index contributed by atoms with van der Waals surface area (Å²) < 4.78 is 1.36. The Morgan fingerprint density at radius 2 is 2.19 bits per heavy atom. The first kappa shape index (κ1) is 12.9. The third-order valence-electron chi connectivity index (χ3n) is 1.78. The van der Waals surface area contributed by atoms with E-state index in [1.54, 1.807) is 0 Å². The lowest BCUT2D eigenvalue weighted by molar-refractivity contribution is -0.384. The Morgan fingerprint density at radius 3 is 2.69 bits per heavy atom. The third kappa shape index (κ3) is 2.68. The van der Waals surface area contributed by atoms with E-state index in [1.807, 2.05) is 0 Å². The van der Waals surface area contributed by atoms with Gasteiger partial charge in [0.05, 0.1) is 24.7 Å². The molecule has 0 saturated heterocycles. The maximum atomic E-state index is 10.8. The number of aromatic nitrogens is 2. The second kappa shape index (κ2) is 5.77. The van der Waals surface area contributed by atoms with E-state index in [9.17, 15) is 10.1 Å². The quantitative estimate of drug-likeness (QED) is 0.501. The van der Waals surface area contributed by atoms with Crippen LogP contribution in [0, 0.1) is 10.1 Å². The third-order valence-corrected chi connectivity index (χ3v) is 2.32. The Balaban J connectivity index is 3.09. The van der Waals surface area contributed by atoms with E-state index in [0.29, 0.717) is 0 Å². The van der Waals surface area contributed by atoms with Crippen molar-refractivity contribution in [2.45, 2.75) is 6.54 Å². The molecule has 9 heteroatoms. The predicted molar refractivity (Wildman–Crippen MR) is 59.2 cm³/mol. The van der Waals surface area contributed by atoms with Crippen LogP contribution in [-0.2, 0) is 6.54 Å². The van der Waals surface area contributed by atoms with Gasteiger partial charge in [-0.05, 0) is 15.9 Å². The first-order valence-electron chi connectivity index (χ1n) is 4.48. The molecular weight excluding hydrogens is 284 g/mol. The van der Waals surface area contributed by atoms with Gasteiger partial charge < -0.3 is 15.5 Å². The van der Waals surface area contributed by atoms with Crippen LogP contribution in [-0.4, -0.2) is 44.7 Å². The molecule has 1 aromatic rings. The number of aliphatic hydroxyl groups excluding tert-OH is 2. The van der Waals surface area contributed by atoms with Crippen LogP contribution in [0.3, 0.4) is 0 Å². The van der Waals surface area contributed by atoms with Crippen LogP contribution < -0.4 is 5.32 Å². The van der Waals surface area contributed by atoms with E-state index in [4.69, 9.17) is 10.2 Å². The molecule has 0 aliphatic rings. The van der Waals surface area contributed by atoms with Gasteiger partial charge in [-0.3, -0.25) is 10.1 Å². The number of nitrogens with zero attached hydrogens (tertiary/aromatic N) is 3. The van der Waals surface area contributed by atoms with E-state index >= 15 is 0 Å². The molecular formula is C7H11BrN4O4. The van der Waals surface area contributed by atoms with Crippen LogP contribution in [0.2, 0.25) is 0 Å². The molecule has 0 bridgehead atoms. The Bertz CT molecular complexity index is 381. The topological polar surface area (TPSA) is 113 Å². The average Bonchev–Trinajstić information content (AvgIpc) is 2.52. The zero-order chi connectivity index (χ0) is 12.1. The van der Waals surface area contributed by atoms with Crippen LogP contribution >= 0.6 is 15.9 Å². The molecule has 90 valence electrons. The zero-order valence-corrected chi connectivity index (χ0v) is 9.84. The van der Waals surface area contributed by atoms with Crippen molar-refractivity contribution in [3.63, 3.8) is 0 Å². The van der Waals surface area contributed by atoms with Gasteiger partial charge in [0.15, 0.2) is 0 Å². The van der Waals surface area contributed by atoms with Gasteiger partial charge in [0.1, 0.15) is 0 Å². The highest BCUT2D eigenvalue weighted by Crippen LogP contribution is 2.32. The molecule has 0 amide bonds. The number of nitro groups is 1. The van der Waals surface area contributed by atoms with Crippen LogP contribution in [0.4, 0.5) is 11.5 Å². The Morgan fingerprint density at radius 1 is 1.50 bits per heavy atom. The van der Waals surface area contributed by atoms with Gasteiger partial charge in [0.2, 0.25) is 10.4 Å². The standard InChI is InChI=1S/C7H11BrN4O4/c8-6-5(12(15)16)7(9-1-3-13)11(10-6)2-4-14/h9,13-14H,1-4H2. The summed E-state index contributed by atoms with van der Waals surface area (Å²) >= 11 is 2.97. The summed E-state index contributed by atoms with van der Waals surface area (Å²) in [5.41, 5.74) is -0.207. The Kier molecular flexibility index (Phi) is 4.65. The summed E-state index contributed by atoms with van der Waals surface area (Å²) in [6, 6.07) is 0. The summed E-state index contributed by atoms with van der Waals surface area (Å²) in [5, 5.41) is 34.8. The minimum atomic E-state index is -0.579. The van der Waals surface area contributed by atoms with Crippen LogP contribution in [0.15, 0.2) is 4.60 Å². The maximum absolute atomic E-state index is 10.8. The molecule has 0 spiro atoms. The fraction of sp³-hybridized carbons (Fsp3) is 0.571. The molecule has 8 nitrogen and oxygen atoms in total. The van der Waals surface area contributed by atoms with Crippen molar-refractivity contribution >= 4 is 27.4 Å². The van der Waals surface area contributed by atoms with Crippen LogP contribution in [0.1, 0.15) is 0 Å². The van der Waals surface area contributed by atoms with Crippen molar-refractivity contribution in [1.29, 1.82) is 0 Å². The second-order valence-electron chi connectivity index (χ2n) is 2.84. The summed E-state index contributed by atoms with van der Waals surface area (Å²) in [4.78, 5) is 10.2. The molecule has 0 aromatic carbocycles. The van der Waals surface area contributed by atoms with E-state index < -0.39 is 4.92 Å². The maximum Gasteiger partial charge on any atom is 0.345 e. The molecule has 0 unspecified atom stereocenters. The molecule has 0 radical (unpaired) electrons. The largest absolute Gasteiger partial charge is 0.395 e. The monoisotopic (exact) mass is 294 g/mol. The molecule has 0 atom stereocenters. The van der Waals surface area contributed by atoms with Crippen molar-refractivity contribution in [2.75, 3.05) is 25.1 Å². The van der Waals surface area contributed by atoms with Crippen LogP contribution in [0.5, 0.6) is 0 Å². The molecule has 0 aliphatic carbocycles. The summed E-state index contributed by atoms with van der Waals surface area (Å²) in [5.74, 6) is 0.167. The van der Waals surface area contributed by atoms with Gasteiger partial charge >= 0.3 is 5.69 Å². The summed E-state index contributed by atoms with van der Waals surface area (Å²) in [7, 11) is 0. The highest BCUT2D eigenvalue weighted by molar-refractivity contribution is 9.10. The summed E-state index contributed by atoms with van der Waals surface area (Å²) in [6.45, 7) is -0.0250. The highest BCUT2D eigenvalue weighted by atomic mass is 79.9. The van der Waals surface area contributed by atoms with Gasteiger partial charge in [0, 0.05) is 6.54 Å². The smallest absolute Gasteiger partial charge is 0.345 e. The SMILES string of the molecule is O=[N+]([O-])c1c(Br)nn(CCO)c1NCCO. The minimum Gasteiger partial charge on any atom is -0.395 e. The molecule has 1 rings (SSSR count). The van der Waals surface area contributed by atoms with Crippen molar-refractivity contribution < 1.29 is 15.1 Å².